The van der Waals surface area contributed by atoms with Crippen LogP contribution in [0, 0.1) is 6.92 Å². The highest BCUT2D eigenvalue weighted by Crippen LogP contribution is 2.43. The Morgan fingerprint density at radius 2 is 1.79 bits per heavy atom. The van der Waals surface area contributed by atoms with Gasteiger partial charge in [0, 0.05) is 23.5 Å². The Hall–Kier alpha value is -3.37. The number of fused-ring (bicyclic) bond motifs is 1. The third-order valence-electron chi connectivity index (χ3n) is 5.43. The summed E-state index contributed by atoms with van der Waals surface area (Å²) in [6.07, 6.45) is -1.60. The van der Waals surface area contributed by atoms with Gasteiger partial charge in [0.15, 0.2) is 17.3 Å². The zero-order chi connectivity index (χ0) is 24.2. The molecule has 1 aromatic carbocycles. The lowest BCUT2D eigenvalue weighted by atomic mass is 9.95. The molecule has 174 valence electrons. The van der Waals surface area contributed by atoms with Gasteiger partial charge in [0.1, 0.15) is 18.2 Å². The predicted molar refractivity (Wildman–Crippen MR) is 122 cm³/mol. The van der Waals surface area contributed by atoms with Crippen molar-refractivity contribution < 1.29 is 13.2 Å². The average molecular weight is 506 g/mol. The summed E-state index contributed by atoms with van der Waals surface area (Å²) >= 11 is 12.4. The van der Waals surface area contributed by atoms with Crippen LogP contribution in [-0.4, -0.2) is 29.5 Å². The molecule has 0 saturated heterocycles. The van der Waals surface area contributed by atoms with Crippen LogP contribution in [0.5, 0.6) is 0 Å². The molecule has 7 nitrogen and oxygen atoms in total. The van der Waals surface area contributed by atoms with Gasteiger partial charge in [0.2, 0.25) is 0 Å². The van der Waals surface area contributed by atoms with Crippen LogP contribution in [0.2, 0.25) is 10.0 Å². The van der Waals surface area contributed by atoms with Crippen molar-refractivity contribution in [1.82, 2.24) is 29.5 Å². The van der Waals surface area contributed by atoms with E-state index in [2.05, 4.69) is 25.5 Å². The molecule has 12 heteroatoms. The number of benzene rings is 1. The second kappa shape index (κ2) is 8.14. The number of hydrogen-bond donors (Lipinski definition) is 1. The third-order valence-corrected chi connectivity index (χ3v) is 6.17. The summed E-state index contributed by atoms with van der Waals surface area (Å²) in [6, 6.07) is 8.75. The van der Waals surface area contributed by atoms with Gasteiger partial charge in [0.05, 0.1) is 10.0 Å². The van der Waals surface area contributed by atoms with Crippen LogP contribution in [0.25, 0.3) is 11.4 Å². The van der Waals surface area contributed by atoms with Crippen molar-refractivity contribution in [2.24, 2.45) is 0 Å². The number of hydrogen-bond acceptors (Lipinski definition) is 5. The number of allylic oxidation sites excluding steroid dienone is 2. The Labute approximate surface area is 201 Å². The fourth-order valence-electron chi connectivity index (χ4n) is 3.92. The van der Waals surface area contributed by atoms with Gasteiger partial charge in [0.25, 0.3) is 0 Å². The van der Waals surface area contributed by atoms with E-state index < -0.39 is 17.9 Å². The molecule has 1 aliphatic rings. The molecule has 3 aromatic heterocycles. The second-order valence-electron chi connectivity index (χ2n) is 7.78. The minimum absolute atomic E-state index is 0.185. The van der Waals surface area contributed by atoms with E-state index in [4.69, 9.17) is 23.2 Å². The van der Waals surface area contributed by atoms with E-state index in [1.165, 1.54) is 15.7 Å². The number of nitrogens with one attached hydrogen (secondary N) is 1. The summed E-state index contributed by atoms with van der Waals surface area (Å²) in [5, 5.41) is 11.8. The maximum absolute atomic E-state index is 13.5. The molecule has 34 heavy (non-hydrogen) atoms. The lowest BCUT2D eigenvalue weighted by Gasteiger charge is -2.30. The van der Waals surface area contributed by atoms with Gasteiger partial charge < -0.3 is 5.32 Å². The number of alkyl halides is 3. The summed E-state index contributed by atoms with van der Waals surface area (Å²) in [4.78, 5) is 8.81. The summed E-state index contributed by atoms with van der Waals surface area (Å²) in [7, 11) is 0. The number of aryl methyl sites for hydroxylation is 1. The standard InChI is InChI=1S/C22H16Cl2F3N7/c1-11-5-6-28-17(7-11)34-21(29-10-30-34)19-12(2)31-18-9-16(22(25,26)27)32-33(18)20(19)13-3-4-14(23)15(24)8-13/h3-10,20,31H,1-2H3/t20-/m1/s1. The van der Waals surface area contributed by atoms with Gasteiger partial charge in [-0.05, 0) is 49.2 Å². The molecule has 0 spiro atoms. The maximum Gasteiger partial charge on any atom is 0.435 e. The fourth-order valence-corrected chi connectivity index (χ4v) is 4.23. The first-order valence-electron chi connectivity index (χ1n) is 10.1. The Bertz CT molecular complexity index is 1440. The van der Waals surface area contributed by atoms with Gasteiger partial charge in [-0.25, -0.2) is 14.6 Å². The van der Waals surface area contributed by atoms with E-state index in [1.807, 2.05) is 19.1 Å². The SMILES string of the molecule is CC1=C(c2ncnn2-c2cc(C)ccn2)[C@@H](c2ccc(Cl)c(Cl)c2)n2nc(C(F)(F)F)cc2N1. The van der Waals surface area contributed by atoms with Gasteiger partial charge in [-0.1, -0.05) is 29.3 Å². The molecule has 0 aliphatic carbocycles. The quantitative estimate of drug-likeness (QED) is 0.373. The van der Waals surface area contributed by atoms with E-state index in [0.29, 0.717) is 33.5 Å². The Balaban J connectivity index is 1.74. The first kappa shape index (κ1) is 22.4. The maximum atomic E-state index is 13.5. The van der Waals surface area contributed by atoms with Crippen LogP contribution in [0.1, 0.15) is 35.6 Å². The van der Waals surface area contributed by atoms with Gasteiger partial charge in [-0.3, -0.25) is 0 Å². The van der Waals surface area contributed by atoms with E-state index in [0.717, 1.165) is 11.6 Å². The fraction of sp³-hybridized carbons (Fsp3) is 0.182. The Morgan fingerprint density at radius 3 is 2.50 bits per heavy atom. The Kier molecular flexibility index (Phi) is 5.37. The van der Waals surface area contributed by atoms with E-state index in [1.54, 1.807) is 31.3 Å². The number of nitrogens with zero attached hydrogens (tertiary/aromatic N) is 6. The topological polar surface area (TPSA) is 73.5 Å². The van der Waals surface area contributed by atoms with Crippen LogP contribution in [-0.2, 0) is 6.18 Å². The van der Waals surface area contributed by atoms with Crippen molar-refractivity contribution in [2.75, 3.05) is 5.32 Å². The first-order chi connectivity index (χ1) is 16.1. The lowest BCUT2D eigenvalue weighted by Crippen LogP contribution is -2.25. The molecule has 1 aliphatic heterocycles. The summed E-state index contributed by atoms with van der Waals surface area (Å²) in [6.45, 7) is 3.67. The van der Waals surface area contributed by atoms with Crippen LogP contribution < -0.4 is 5.32 Å². The Morgan fingerprint density at radius 1 is 1.00 bits per heavy atom. The molecule has 0 saturated carbocycles. The van der Waals surface area contributed by atoms with Crippen LogP contribution in [0.4, 0.5) is 19.0 Å². The van der Waals surface area contributed by atoms with Crippen molar-refractivity contribution >= 4 is 34.6 Å². The molecule has 0 fully saturated rings. The second-order valence-corrected chi connectivity index (χ2v) is 8.60. The highest BCUT2D eigenvalue weighted by Gasteiger charge is 2.39. The van der Waals surface area contributed by atoms with E-state index in [-0.39, 0.29) is 10.8 Å². The zero-order valence-corrected chi connectivity index (χ0v) is 19.3. The molecular weight excluding hydrogens is 490 g/mol. The number of rotatable bonds is 3. The molecule has 0 unspecified atom stereocenters. The minimum atomic E-state index is -4.62. The summed E-state index contributed by atoms with van der Waals surface area (Å²) in [5.74, 6) is 1.10. The molecule has 5 rings (SSSR count). The molecule has 0 bridgehead atoms. The van der Waals surface area contributed by atoms with Gasteiger partial charge in [-0.15, -0.1) is 0 Å². The average Bonchev–Trinajstić information content (AvgIpc) is 3.41. The van der Waals surface area contributed by atoms with E-state index in [9.17, 15) is 13.2 Å². The predicted octanol–water partition coefficient (Wildman–Crippen LogP) is 5.94. The van der Waals surface area contributed by atoms with Crippen molar-refractivity contribution in [2.45, 2.75) is 26.1 Å². The minimum Gasteiger partial charge on any atom is -0.344 e. The number of anilines is 1. The largest absolute Gasteiger partial charge is 0.435 e. The molecule has 4 heterocycles. The highest BCUT2D eigenvalue weighted by atomic mass is 35.5. The van der Waals surface area contributed by atoms with Crippen LogP contribution in [0.15, 0.2) is 54.6 Å². The molecular formula is C22H16Cl2F3N7. The van der Waals surface area contributed by atoms with Crippen molar-refractivity contribution in [3.05, 3.63) is 87.3 Å². The highest BCUT2D eigenvalue weighted by molar-refractivity contribution is 6.42. The molecule has 0 amide bonds. The monoisotopic (exact) mass is 505 g/mol. The van der Waals surface area contributed by atoms with Gasteiger partial charge in [-0.2, -0.15) is 28.1 Å². The summed E-state index contributed by atoms with van der Waals surface area (Å²) < 4.78 is 43.4. The molecule has 0 radical (unpaired) electrons. The lowest BCUT2D eigenvalue weighted by molar-refractivity contribution is -0.141. The number of aromatic nitrogens is 6. The van der Waals surface area contributed by atoms with Crippen molar-refractivity contribution in [1.29, 1.82) is 0 Å². The molecule has 1 atom stereocenters. The number of pyridine rings is 1. The van der Waals surface area contributed by atoms with E-state index >= 15 is 0 Å². The smallest absolute Gasteiger partial charge is 0.344 e. The molecule has 4 aromatic rings. The van der Waals surface area contributed by atoms with Crippen LogP contribution >= 0.6 is 23.2 Å². The van der Waals surface area contributed by atoms with Crippen molar-refractivity contribution in [3.63, 3.8) is 0 Å². The normalized spacial score (nSPS) is 15.9. The van der Waals surface area contributed by atoms with Gasteiger partial charge >= 0.3 is 6.18 Å². The number of halogens is 5. The van der Waals surface area contributed by atoms with Crippen molar-refractivity contribution in [3.8, 4) is 5.82 Å². The zero-order valence-electron chi connectivity index (χ0n) is 17.8. The third kappa shape index (κ3) is 3.82. The first-order valence-corrected chi connectivity index (χ1v) is 10.8. The molecule has 1 N–H and O–H groups in total. The summed E-state index contributed by atoms with van der Waals surface area (Å²) in [5.41, 5.74) is 1.66. The van der Waals surface area contributed by atoms with Crippen LogP contribution in [0.3, 0.4) is 0 Å².